The molecular weight excluding hydrogens is 284 g/mol. The number of carbonyl (C=O) groups is 1. The monoisotopic (exact) mass is 300 g/mol. The molecule has 1 aliphatic heterocycles. The second-order valence-electron chi connectivity index (χ2n) is 5.10. The van der Waals surface area contributed by atoms with E-state index < -0.39 is 0 Å². The lowest BCUT2D eigenvalue weighted by molar-refractivity contribution is -0.131. The zero-order valence-electron chi connectivity index (χ0n) is 12.2. The van der Waals surface area contributed by atoms with Gasteiger partial charge < -0.3 is 18.9 Å². The molecule has 0 aliphatic carbocycles. The molecule has 114 valence electrons. The van der Waals surface area contributed by atoms with E-state index in [2.05, 4.69) is 0 Å². The molecule has 3 rings (SSSR count). The third-order valence-corrected chi connectivity index (χ3v) is 3.49. The van der Waals surface area contributed by atoms with Crippen LogP contribution in [0.25, 0.3) is 0 Å². The molecule has 22 heavy (non-hydrogen) atoms. The molecule has 0 N–H and O–H groups in total. The summed E-state index contributed by atoms with van der Waals surface area (Å²) in [6, 6.07) is 10.4. The van der Waals surface area contributed by atoms with Crippen molar-refractivity contribution in [3.8, 4) is 11.5 Å². The first-order valence-corrected chi connectivity index (χ1v) is 6.91. The minimum Gasteiger partial charge on any atom is -0.454 e. The second-order valence-corrected chi connectivity index (χ2v) is 5.10. The number of amides is 1. The van der Waals surface area contributed by atoms with Gasteiger partial charge in [0.15, 0.2) is 11.5 Å². The van der Waals surface area contributed by atoms with Crippen LogP contribution < -0.4 is 15.0 Å². The molecule has 0 atom stereocenters. The Morgan fingerprint density at radius 2 is 2.05 bits per heavy atom. The third kappa shape index (κ3) is 2.95. The van der Waals surface area contributed by atoms with Crippen LogP contribution in [0.15, 0.2) is 47.4 Å². The van der Waals surface area contributed by atoms with Crippen LogP contribution in [0, 0.1) is 0 Å². The first-order valence-electron chi connectivity index (χ1n) is 6.91. The number of likely N-dealkylation sites (N-methyl/N-ethyl adjacent to an activating group) is 1. The SMILES string of the molecule is CN(Cc1ccc2c(c1)OCO2)C(=O)Cn1ccccc1=O. The van der Waals surface area contributed by atoms with Gasteiger partial charge in [-0.2, -0.15) is 0 Å². The van der Waals surface area contributed by atoms with Gasteiger partial charge in [-0.25, -0.2) is 0 Å². The molecule has 0 radical (unpaired) electrons. The molecule has 1 amide bonds. The summed E-state index contributed by atoms with van der Waals surface area (Å²) in [6.07, 6.45) is 1.61. The minimum atomic E-state index is -0.188. The summed E-state index contributed by atoms with van der Waals surface area (Å²) >= 11 is 0. The molecule has 1 aromatic carbocycles. The van der Waals surface area contributed by atoms with Crippen LogP contribution >= 0.6 is 0 Å². The number of hydrogen-bond donors (Lipinski definition) is 0. The zero-order valence-corrected chi connectivity index (χ0v) is 12.2. The molecule has 0 saturated heterocycles. The molecule has 1 aliphatic rings. The van der Waals surface area contributed by atoms with E-state index in [9.17, 15) is 9.59 Å². The van der Waals surface area contributed by atoms with Gasteiger partial charge in [-0.1, -0.05) is 12.1 Å². The van der Waals surface area contributed by atoms with Crippen molar-refractivity contribution in [1.29, 1.82) is 0 Å². The standard InChI is InChI=1S/C16H16N2O4/c1-17(16(20)10-18-7-3-2-4-15(18)19)9-12-5-6-13-14(8-12)22-11-21-13/h2-8H,9-11H2,1H3. The largest absolute Gasteiger partial charge is 0.454 e. The fourth-order valence-corrected chi connectivity index (χ4v) is 2.26. The van der Waals surface area contributed by atoms with Crippen LogP contribution in [-0.2, 0) is 17.9 Å². The average molecular weight is 300 g/mol. The number of hydrogen-bond acceptors (Lipinski definition) is 4. The summed E-state index contributed by atoms with van der Waals surface area (Å²) in [4.78, 5) is 25.4. The highest BCUT2D eigenvalue weighted by atomic mass is 16.7. The summed E-state index contributed by atoms with van der Waals surface area (Å²) in [5, 5.41) is 0. The third-order valence-electron chi connectivity index (χ3n) is 3.49. The van der Waals surface area contributed by atoms with Crippen molar-refractivity contribution < 1.29 is 14.3 Å². The van der Waals surface area contributed by atoms with Gasteiger partial charge in [0.25, 0.3) is 5.56 Å². The van der Waals surface area contributed by atoms with E-state index in [1.165, 1.54) is 10.6 Å². The fraction of sp³-hybridized carbons (Fsp3) is 0.250. The van der Waals surface area contributed by atoms with Crippen LogP contribution in [0.3, 0.4) is 0 Å². The van der Waals surface area contributed by atoms with E-state index in [1.54, 1.807) is 30.3 Å². The molecule has 1 aromatic heterocycles. The van der Waals surface area contributed by atoms with Crippen LogP contribution in [0.2, 0.25) is 0 Å². The number of rotatable bonds is 4. The number of pyridine rings is 1. The van der Waals surface area contributed by atoms with E-state index in [0.717, 1.165) is 5.56 Å². The first kappa shape index (κ1) is 14.2. The molecular formula is C16H16N2O4. The van der Waals surface area contributed by atoms with Gasteiger partial charge in [-0.3, -0.25) is 9.59 Å². The van der Waals surface area contributed by atoms with Gasteiger partial charge in [0.2, 0.25) is 12.7 Å². The molecule has 6 nitrogen and oxygen atoms in total. The van der Waals surface area contributed by atoms with Gasteiger partial charge >= 0.3 is 0 Å². The smallest absolute Gasteiger partial charge is 0.250 e. The second kappa shape index (κ2) is 5.93. The lowest BCUT2D eigenvalue weighted by atomic mass is 10.2. The van der Waals surface area contributed by atoms with Crippen molar-refractivity contribution in [2.24, 2.45) is 0 Å². The Morgan fingerprint density at radius 1 is 1.23 bits per heavy atom. The van der Waals surface area contributed by atoms with E-state index >= 15 is 0 Å². The Kier molecular flexibility index (Phi) is 3.82. The topological polar surface area (TPSA) is 60.8 Å². The molecule has 2 heterocycles. The number of aromatic nitrogens is 1. The molecule has 0 fully saturated rings. The Morgan fingerprint density at radius 3 is 2.86 bits per heavy atom. The Bertz CT molecular complexity index is 754. The summed E-state index contributed by atoms with van der Waals surface area (Å²) < 4.78 is 12.0. The lowest BCUT2D eigenvalue weighted by Crippen LogP contribution is -2.33. The highest BCUT2D eigenvalue weighted by Crippen LogP contribution is 2.32. The summed E-state index contributed by atoms with van der Waals surface area (Å²) in [7, 11) is 1.71. The van der Waals surface area contributed by atoms with E-state index in [1.807, 2.05) is 18.2 Å². The minimum absolute atomic E-state index is 0.0285. The Balaban J connectivity index is 1.66. The van der Waals surface area contributed by atoms with Crippen LogP contribution in [-0.4, -0.2) is 29.2 Å². The average Bonchev–Trinajstić information content (AvgIpc) is 2.97. The highest BCUT2D eigenvalue weighted by molar-refractivity contribution is 5.75. The van der Waals surface area contributed by atoms with Crippen molar-refractivity contribution in [2.45, 2.75) is 13.1 Å². The van der Waals surface area contributed by atoms with Gasteiger partial charge in [0.1, 0.15) is 6.54 Å². The normalized spacial score (nSPS) is 12.2. The van der Waals surface area contributed by atoms with Crippen molar-refractivity contribution in [1.82, 2.24) is 9.47 Å². The van der Waals surface area contributed by atoms with E-state index in [4.69, 9.17) is 9.47 Å². The Hall–Kier alpha value is -2.76. The van der Waals surface area contributed by atoms with E-state index in [0.29, 0.717) is 18.0 Å². The first-order chi connectivity index (χ1) is 10.6. The predicted molar refractivity (Wildman–Crippen MR) is 79.7 cm³/mol. The van der Waals surface area contributed by atoms with Crippen molar-refractivity contribution in [3.05, 3.63) is 58.5 Å². The number of benzene rings is 1. The van der Waals surface area contributed by atoms with Gasteiger partial charge in [-0.05, 0) is 23.8 Å². The number of ether oxygens (including phenoxy) is 2. The van der Waals surface area contributed by atoms with Crippen molar-refractivity contribution in [3.63, 3.8) is 0 Å². The van der Waals surface area contributed by atoms with E-state index in [-0.39, 0.29) is 24.8 Å². The molecule has 0 spiro atoms. The van der Waals surface area contributed by atoms with Crippen LogP contribution in [0.5, 0.6) is 11.5 Å². The molecule has 0 bridgehead atoms. The van der Waals surface area contributed by atoms with Crippen LogP contribution in [0.4, 0.5) is 0 Å². The number of fused-ring (bicyclic) bond motifs is 1. The maximum atomic E-state index is 12.2. The van der Waals surface area contributed by atoms with Crippen LogP contribution in [0.1, 0.15) is 5.56 Å². The number of carbonyl (C=O) groups excluding carboxylic acids is 1. The summed E-state index contributed by atoms with van der Waals surface area (Å²) in [5.41, 5.74) is 0.757. The fourth-order valence-electron chi connectivity index (χ4n) is 2.26. The summed E-state index contributed by atoms with van der Waals surface area (Å²) in [5.74, 6) is 1.28. The maximum absolute atomic E-state index is 12.2. The zero-order chi connectivity index (χ0) is 15.5. The highest BCUT2D eigenvalue weighted by Gasteiger charge is 2.15. The molecule has 6 heteroatoms. The van der Waals surface area contributed by atoms with Gasteiger partial charge in [0, 0.05) is 25.9 Å². The van der Waals surface area contributed by atoms with Crippen molar-refractivity contribution in [2.75, 3.05) is 13.8 Å². The maximum Gasteiger partial charge on any atom is 0.250 e. The number of nitrogens with zero attached hydrogens (tertiary/aromatic N) is 2. The van der Waals surface area contributed by atoms with Gasteiger partial charge in [-0.15, -0.1) is 0 Å². The van der Waals surface area contributed by atoms with Crippen molar-refractivity contribution >= 4 is 5.91 Å². The quantitative estimate of drug-likeness (QED) is 0.852. The predicted octanol–water partition coefficient (Wildman–Crippen LogP) is 1.24. The molecule has 0 saturated carbocycles. The molecule has 0 unspecified atom stereocenters. The Labute approximate surface area is 127 Å². The van der Waals surface area contributed by atoms with Gasteiger partial charge in [0.05, 0.1) is 0 Å². The summed E-state index contributed by atoms with van der Waals surface area (Å²) in [6.45, 7) is 0.697. The lowest BCUT2D eigenvalue weighted by Gasteiger charge is -2.18. The molecule has 2 aromatic rings.